The number of aryl methyl sites for hydroxylation is 1. The molecule has 1 aliphatic rings. The van der Waals surface area contributed by atoms with Gasteiger partial charge < -0.3 is 9.47 Å². The summed E-state index contributed by atoms with van der Waals surface area (Å²) in [7, 11) is 0. The SMILES string of the molecule is Cc1nc(COC[C@@H]2CCCCO2)n(-c2ccc(F)cc2F)n1. The van der Waals surface area contributed by atoms with E-state index in [1.165, 1.54) is 16.8 Å². The molecule has 0 bridgehead atoms. The molecule has 0 aliphatic carbocycles. The van der Waals surface area contributed by atoms with Crippen molar-refractivity contribution < 1.29 is 18.3 Å². The van der Waals surface area contributed by atoms with Gasteiger partial charge in [0.25, 0.3) is 0 Å². The highest BCUT2D eigenvalue weighted by Gasteiger charge is 2.17. The smallest absolute Gasteiger partial charge is 0.158 e. The van der Waals surface area contributed by atoms with E-state index in [4.69, 9.17) is 9.47 Å². The molecule has 0 spiro atoms. The Balaban J connectivity index is 1.70. The van der Waals surface area contributed by atoms with Crippen molar-refractivity contribution in [3.05, 3.63) is 41.5 Å². The second-order valence-corrected chi connectivity index (χ2v) is 5.59. The van der Waals surface area contributed by atoms with Gasteiger partial charge in [-0.1, -0.05) is 0 Å². The van der Waals surface area contributed by atoms with Crippen LogP contribution < -0.4 is 0 Å². The van der Waals surface area contributed by atoms with Crippen LogP contribution in [0.25, 0.3) is 5.69 Å². The Morgan fingerprint density at radius 1 is 1.35 bits per heavy atom. The van der Waals surface area contributed by atoms with E-state index in [0.29, 0.717) is 18.3 Å². The first kappa shape index (κ1) is 16.0. The van der Waals surface area contributed by atoms with Gasteiger partial charge >= 0.3 is 0 Å². The lowest BCUT2D eigenvalue weighted by molar-refractivity contribution is -0.0460. The molecule has 0 radical (unpaired) electrons. The van der Waals surface area contributed by atoms with Crippen molar-refractivity contribution >= 4 is 0 Å². The molecule has 5 nitrogen and oxygen atoms in total. The van der Waals surface area contributed by atoms with Gasteiger partial charge in [0, 0.05) is 12.7 Å². The second-order valence-electron chi connectivity index (χ2n) is 5.59. The molecular formula is C16H19F2N3O2. The van der Waals surface area contributed by atoms with Gasteiger partial charge in [-0.3, -0.25) is 0 Å². The van der Waals surface area contributed by atoms with Gasteiger partial charge in [-0.2, -0.15) is 5.10 Å². The molecule has 1 fully saturated rings. The molecule has 0 unspecified atom stereocenters. The molecule has 1 saturated heterocycles. The van der Waals surface area contributed by atoms with Gasteiger partial charge in [0.1, 0.15) is 23.9 Å². The predicted molar refractivity (Wildman–Crippen MR) is 79.3 cm³/mol. The number of hydrogen-bond acceptors (Lipinski definition) is 4. The largest absolute Gasteiger partial charge is 0.376 e. The van der Waals surface area contributed by atoms with Gasteiger partial charge in [-0.15, -0.1) is 0 Å². The quantitative estimate of drug-likeness (QED) is 0.849. The molecule has 0 N–H and O–H groups in total. The maximum absolute atomic E-state index is 13.9. The third-order valence-corrected chi connectivity index (χ3v) is 3.73. The first-order chi connectivity index (χ1) is 11.1. The van der Waals surface area contributed by atoms with Crippen molar-refractivity contribution in [2.24, 2.45) is 0 Å². The predicted octanol–water partition coefficient (Wildman–Crippen LogP) is 2.94. The van der Waals surface area contributed by atoms with Crippen molar-refractivity contribution in [2.75, 3.05) is 13.2 Å². The van der Waals surface area contributed by atoms with E-state index in [9.17, 15) is 8.78 Å². The molecule has 1 aromatic carbocycles. The molecule has 1 atom stereocenters. The van der Waals surface area contributed by atoms with Crippen LogP contribution >= 0.6 is 0 Å². The van der Waals surface area contributed by atoms with E-state index in [0.717, 1.165) is 31.9 Å². The average Bonchev–Trinajstić information content (AvgIpc) is 2.89. The summed E-state index contributed by atoms with van der Waals surface area (Å²) in [6.45, 7) is 3.14. The fourth-order valence-corrected chi connectivity index (χ4v) is 2.62. The van der Waals surface area contributed by atoms with Gasteiger partial charge in [0.15, 0.2) is 11.6 Å². The molecule has 124 valence electrons. The van der Waals surface area contributed by atoms with Crippen molar-refractivity contribution in [1.82, 2.24) is 14.8 Å². The third-order valence-electron chi connectivity index (χ3n) is 3.73. The highest BCUT2D eigenvalue weighted by Crippen LogP contribution is 2.17. The van der Waals surface area contributed by atoms with Crippen LogP contribution in [0, 0.1) is 18.6 Å². The van der Waals surface area contributed by atoms with Crippen LogP contribution in [-0.4, -0.2) is 34.1 Å². The van der Waals surface area contributed by atoms with Gasteiger partial charge in [0.2, 0.25) is 0 Å². The van der Waals surface area contributed by atoms with Crippen LogP contribution in [0.1, 0.15) is 30.9 Å². The van der Waals surface area contributed by atoms with E-state index in [2.05, 4.69) is 10.1 Å². The van der Waals surface area contributed by atoms with Crippen LogP contribution in [0.15, 0.2) is 18.2 Å². The number of halogens is 2. The minimum Gasteiger partial charge on any atom is -0.376 e. The summed E-state index contributed by atoms with van der Waals surface area (Å²) in [6.07, 6.45) is 3.32. The molecule has 7 heteroatoms. The Labute approximate surface area is 133 Å². The lowest BCUT2D eigenvalue weighted by atomic mass is 10.1. The third kappa shape index (κ3) is 3.92. The van der Waals surface area contributed by atoms with Crippen LogP contribution in [0.3, 0.4) is 0 Å². The van der Waals surface area contributed by atoms with Gasteiger partial charge in [-0.25, -0.2) is 18.4 Å². The monoisotopic (exact) mass is 323 g/mol. The first-order valence-corrected chi connectivity index (χ1v) is 7.71. The van der Waals surface area contributed by atoms with E-state index < -0.39 is 11.6 Å². The van der Waals surface area contributed by atoms with E-state index in [-0.39, 0.29) is 18.4 Å². The zero-order valence-electron chi connectivity index (χ0n) is 13.0. The zero-order chi connectivity index (χ0) is 16.2. The van der Waals surface area contributed by atoms with Gasteiger partial charge in [-0.05, 0) is 38.3 Å². The second kappa shape index (κ2) is 7.14. The van der Waals surface area contributed by atoms with Crippen molar-refractivity contribution in [3.8, 4) is 5.69 Å². The topological polar surface area (TPSA) is 49.2 Å². The highest BCUT2D eigenvalue weighted by molar-refractivity contribution is 5.33. The molecule has 3 rings (SSSR count). The van der Waals surface area contributed by atoms with Crippen molar-refractivity contribution in [1.29, 1.82) is 0 Å². The summed E-state index contributed by atoms with van der Waals surface area (Å²) in [5.74, 6) is -0.341. The molecule has 0 amide bonds. The molecule has 1 aromatic heterocycles. The summed E-state index contributed by atoms with van der Waals surface area (Å²) in [5.41, 5.74) is 0.152. The highest BCUT2D eigenvalue weighted by atomic mass is 19.1. The standard InChI is InChI=1S/C16H19F2N3O2/c1-11-19-16(10-22-9-13-4-2-3-7-23-13)21(20-11)15-6-5-12(17)8-14(15)18/h5-6,8,13H,2-4,7,9-10H2,1H3/t13-/m0/s1. The Morgan fingerprint density at radius 2 is 2.22 bits per heavy atom. The fraction of sp³-hybridized carbons (Fsp3) is 0.500. The van der Waals surface area contributed by atoms with Crippen molar-refractivity contribution in [3.63, 3.8) is 0 Å². The summed E-state index contributed by atoms with van der Waals surface area (Å²) in [6, 6.07) is 3.36. The number of ether oxygens (including phenoxy) is 2. The van der Waals surface area contributed by atoms with Gasteiger partial charge in [0.05, 0.1) is 12.7 Å². The fourth-order valence-electron chi connectivity index (χ4n) is 2.62. The molecule has 0 saturated carbocycles. The Kier molecular flexibility index (Phi) is 4.97. The van der Waals surface area contributed by atoms with Crippen molar-refractivity contribution in [2.45, 2.75) is 38.9 Å². The lowest BCUT2D eigenvalue weighted by Crippen LogP contribution is -2.24. The first-order valence-electron chi connectivity index (χ1n) is 7.71. The number of rotatable bonds is 5. The Bertz CT molecular complexity index is 669. The Hall–Kier alpha value is -1.86. The van der Waals surface area contributed by atoms with Crippen LogP contribution in [0.5, 0.6) is 0 Å². The van der Waals surface area contributed by atoms with E-state index in [1.807, 2.05) is 0 Å². The molecule has 2 aromatic rings. The summed E-state index contributed by atoms with van der Waals surface area (Å²) in [4.78, 5) is 4.26. The number of benzene rings is 1. The number of aromatic nitrogens is 3. The normalized spacial score (nSPS) is 18.3. The maximum atomic E-state index is 13.9. The molecule has 2 heterocycles. The minimum atomic E-state index is -0.688. The van der Waals surface area contributed by atoms with E-state index >= 15 is 0 Å². The average molecular weight is 323 g/mol. The molecule has 23 heavy (non-hydrogen) atoms. The number of nitrogens with zero attached hydrogens (tertiary/aromatic N) is 3. The summed E-state index contributed by atoms with van der Waals surface area (Å²) in [5, 5.41) is 4.17. The zero-order valence-corrected chi connectivity index (χ0v) is 13.0. The maximum Gasteiger partial charge on any atom is 0.158 e. The molecular weight excluding hydrogens is 304 g/mol. The van der Waals surface area contributed by atoms with E-state index in [1.54, 1.807) is 6.92 Å². The molecule has 1 aliphatic heterocycles. The minimum absolute atomic E-state index is 0.101. The lowest BCUT2D eigenvalue weighted by Gasteiger charge is -2.22. The van der Waals surface area contributed by atoms with Crippen LogP contribution in [0.2, 0.25) is 0 Å². The summed E-state index contributed by atoms with van der Waals surface area (Å²) >= 11 is 0. The summed E-state index contributed by atoms with van der Waals surface area (Å²) < 4.78 is 39.6. The van der Waals surface area contributed by atoms with Crippen LogP contribution in [-0.2, 0) is 16.1 Å². The Morgan fingerprint density at radius 3 is 2.96 bits per heavy atom. The number of hydrogen-bond donors (Lipinski definition) is 0. The van der Waals surface area contributed by atoms with Crippen LogP contribution in [0.4, 0.5) is 8.78 Å².